The van der Waals surface area contributed by atoms with Crippen LogP contribution in [-0.2, 0) is 14.8 Å². The molecule has 0 fully saturated rings. The normalized spacial score (nSPS) is 10.8. The molecule has 0 radical (unpaired) electrons. The van der Waals surface area contributed by atoms with E-state index in [1.807, 2.05) is 6.07 Å². The molecule has 0 aliphatic rings. The van der Waals surface area contributed by atoms with E-state index in [0.29, 0.717) is 12.1 Å². The van der Waals surface area contributed by atoms with Crippen molar-refractivity contribution >= 4 is 15.9 Å². The minimum atomic E-state index is -3.72. The van der Waals surface area contributed by atoms with Crippen molar-refractivity contribution in [1.29, 1.82) is 5.26 Å². The molecule has 2 N–H and O–H groups in total. The second kappa shape index (κ2) is 7.03. The molecule has 7 heteroatoms. The fourth-order valence-corrected chi connectivity index (χ4v) is 2.92. The number of hydrogen-bond donors (Lipinski definition) is 2. The Bertz CT molecular complexity index is 633. The maximum Gasteiger partial charge on any atom is 0.240 e. The predicted octanol–water partition coefficient (Wildman–Crippen LogP) is 0.671. The molecule has 0 aliphatic heterocycles. The summed E-state index contributed by atoms with van der Waals surface area (Å²) in [5, 5.41) is 11.4. The van der Waals surface area contributed by atoms with Gasteiger partial charge in [-0.05, 0) is 31.5 Å². The third-order valence-electron chi connectivity index (χ3n) is 2.62. The second-order valence-corrected chi connectivity index (χ2v) is 5.93. The Morgan fingerprint density at radius 1 is 1.40 bits per heavy atom. The zero-order chi connectivity index (χ0) is 15.2. The molecule has 0 atom stereocenters. The van der Waals surface area contributed by atoms with E-state index in [4.69, 9.17) is 5.26 Å². The van der Waals surface area contributed by atoms with Gasteiger partial charge in [0, 0.05) is 19.5 Å². The Kier molecular flexibility index (Phi) is 5.67. The average molecular weight is 295 g/mol. The van der Waals surface area contributed by atoms with Gasteiger partial charge in [0.1, 0.15) is 0 Å². The number of aryl methyl sites for hydroxylation is 1. The topological polar surface area (TPSA) is 99.1 Å². The number of amides is 1. The van der Waals surface area contributed by atoms with E-state index in [9.17, 15) is 13.2 Å². The van der Waals surface area contributed by atoms with Gasteiger partial charge in [0.25, 0.3) is 0 Å². The number of nitrogens with zero attached hydrogens (tertiary/aromatic N) is 1. The smallest absolute Gasteiger partial charge is 0.240 e. The van der Waals surface area contributed by atoms with Crippen molar-refractivity contribution in [2.75, 3.05) is 13.1 Å². The number of sulfonamides is 1. The highest BCUT2D eigenvalue weighted by atomic mass is 32.2. The van der Waals surface area contributed by atoms with E-state index in [-0.39, 0.29) is 29.3 Å². The van der Waals surface area contributed by atoms with Crippen LogP contribution < -0.4 is 10.0 Å². The van der Waals surface area contributed by atoms with Crippen molar-refractivity contribution in [3.05, 3.63) is 29.3 Å². The Morgan fingerprint density at radius 2 is 2.10 bits per heavy atom. The van der Waals surface area contributed by atoms with Crippen molar-refractivity contribution in [1.82, 2.24) is 10.0 Å². The first-order chi connectivity index (χ1) is 9.40. The van der Waals surface area contributed by atoms with Crippen LogP contribution in [0.15, 0.2) is 23.1 Å². The van der Waals surface area contributed by atoms with Gasteiger partial charge in [0.2, 0.25) is 15.9 Å². The van der Waals surface area contributed by atoms with Gasteiger partial charge in [-0.1, -0.05) is 6.07 Å². The van der Waals surface area contributed by atoms with E-state index in [2.05, 4.69) is 10.0 Å². The van der Waals surface area contributed by atoms with Gasteiger partial charge in [0.15, 0.2) is 0 Å². The SMILES string of the molecule is CCNC(=O)CCNS(=O)(=O)c1cc(C#N)ccc1C. The molecule has 0 unspecified atom stereocenters. The molecule has 6 nitrogen and oxygen atoms in total. The highest BCUT2D eigenvalue weighted by Gasteiger charge is 2.17. The highest BCUT2D eigenvalue weighted by molar-refractivity contribution is 7.89. The van der Waals surface area contributed by atoms with Gasteiger partial charge in [-0.25, -0.2) is 13.1 Å². The molecule has 20 heavy (non-hydrogen) atoms. The molecule has 1 rings (SSSR count). The largest absolute Gasteiger partial charge is 0.356 e. The van der Waals surface area contributed by atoms with Gasteiger partial charge in [0.05, 0.1) is 16.5 Å². The molecule has 1 aromatic carbocycles. The highest BCUT2D eigenvalue weighted by Crippen LogP contribution is 2.16. The lowest BCUT2D eigenvalue weighted by molar-refractivity contribution is -0.120. The van der Waals surface area contributed by atoms with Crippen LogP contribution in [0.2, 0.25) is 0 Å². The summed E-state index contributed by atoms with van der Waals surface area (Å²) in [6.45, 7) is 3.97. The van der Waals surface area contributed by atoms with Crippen molar-refractivity contribution in [2.45, 2.75) is 25.2 Å². The predicted molar refractivity (Wildman–Crippen MR) is 74.4 cm³/mol. The van der Waals surface area contributed by atoms with Crippen LogP contribution in [0.5, 0.6) is 0 Å². The first-order valence-corrected chi connectivity index (χ1v) is 7.66. The maximum atomic E-state index is 12.1. The van der Waals surface area contributed by atoms with Crippen molar-refractivity contribution in [3.8, 4) is 6.07 Å². The molecular formula is C13H17N3O3S. The fraction of sp³-hybridized carbons (Fsp3) is 0.385. The average Bonchev–Trinajstić information content (AvgIpc) is 2.39. The van der Waals surface area contributed by atoms with Crippen LogP contribution in [0, 0.1) is 18.3 Å². The number of nitrogens with one attached hydrogen (secondary N) is 2. The first-order valence-electron chi connectivity index (χ1n) is 6.18. The lowest BCUT2D eigenvalue weighted by Gasteiger charge is -2.09. The standard InChI is InChI=1S/C13H17N3O3S/c1-3-15-13(17)6-7-16-20(18,19)12-8-11(9-14)5-4-10(12)2/h4-5,8,16H,3,6-7H2,1-2H3,(H,15,17). The lowest BCUT2D eigenvalue weighted by Crippen LogP contribution is -2.31. The summed E-state index contributed by atoms with van der Waals surface area (Å²) in [5.74, 6) is -0.210. The third-order valence-corrected chi connectivity index (χ3v) is 4.23. The summed E-state index contributed by atoms with van der Waals surface area (Å²) in [6.07, 6.45) is 0.0735. The van der Waals surface area contributed by atoms with Crippen LogP contribution >= 0.6 is 0 Å². The van der Waals surface area contributed by atoms with E-state index in [1.165, 1.54) is 6.07 Å². The summed E-state index contributed by atoms with van der Waals surface area (Å²) in [4.78, 5) is 11.3. The van der Waals surface area contributed by atoms with E-state index < -0.39 is 10.0 Å². The second-order valence-electron chi connectivity index (χ2n) is 4.19. The molecular weight excluding hydrogens is 278 g/mol. The van der Waals surface area contributed by atoms with Crippen LogP contribution in [0.3, 0.4) is 0 Å². The van der Waals surface area contributed by atoms with Gasteiger partial charge < -0.3 is 5.32 Å². The fourth-order valence-electron chi connectivity index (χ4n) is 1.62. The van der Waals surface area contributed by atoms with E-state index in [0.717, 1.165) is 0 Å². The summed E-state index contributed by atoms with van der Waals surface area (Å²) < 4.78 is 26.6. The van der Waals surface area contributed by atoms with Gasteiger partial charge in [-0.3, -0.25) is 4.79 Å². The van der Waals surface area contributed by atoms with Gasteiger partial charge in [-0.2, -0.15) is 5.26 Å². The first kappa shape index (κ1) is 16.1. The zero-order valence-corrected chi connectivity index (χ0v) is 12.3. The molecule has 1 aromatic rings. The molecule has 0 heterocycles. The van der Waals surface area contributed by atoms with Crippen molar-refractivity contribution in [3.63, 3.8) is 0 Å². The Morgan fingerprint density at radius 3 is 2.70 bits per heavy atom. The number of rotatable bonds is 6. The minimum Gasteiger partial charge on any atom is -0.356 e. The number of carbonyl (C=O) groups excluding carboxylic acids is 1. The number of carbonyl (C=O) groups is 1. The van der Waals surface area contributed by atoms with E-state index >= 15 is 0 Å². The maximum absolute atomic E-state index is 12.1. The molecule has 0 saturated carbocycles. The van der Waals surface area contributed by atoms with Crippen molar-refractivity contribution < 1.29 is 13.2 Å². The zero-order valence-electron chi connectivity index (χ0n) is 11.4. The molecule has 0 aliphatic carbocycles. The van der Waals surface area contributed by atoms with Crippen LogP contribution in [0.4, 0.5) is 0 Å². The third kappa shape index (κ3) is 4.33. The Hall–Kier alpha value is -1.91. The lowest BCUT2D eigenvalue weighted by atomic mass is 10.2. The summed E-state index contributed by atoms with van der Waals surface area (Å²) in [6, 6.07) is 6.36. The van der Waals surface area contributed by atoms with Gasteiger partial charge in [-0.15, -0.1) is 0 Å². The molecule has 0 spiro atoms. The minimum absolute atomic E-state index is 0.0182. The quantitative estimate of drug-likeness (QED) is 0.805. The van der Waals surface area contributed by atoms with Crippen LogP contribution in [-0.4, -0.2) is 27.4 Å². The van der Waals surface area contributed by atoms with Gasteiger partial charge >= 0.3 is 0 Å². The molecule has 1 amide bonds. The number of nitriles is 1. The number of benzene rings is 1. The summed E-state index contributed by atoms with van der Waals surface area (Å²) in [7, 11) is -3.72. The summed E-state index contributed by atoms with van der Waals surface area (Å²) >= 11 is 0. The summed E-state index contributed by atoms with van der Waals surface area (Å²) in [5.41, 5.74) is 0.828. The van der Waals surface area contributed by atoms with Crippen molar-refractivity contribution in [2.24, 2.45) is 0 Å². The molecule has 108 valence electrons. The number of hydrogen-bond acceptors (Lipinski definition) is 4. The molecule has 0 aromatic heterocycles. The molecule has 0 bridgehead atoms. The monoisotopic (exact) mass is 295 g/mol. The molecule has 0 saturated heterocycles. The van der Waals surface area contributed by atoms with Crippen LogP contribution in [0.1, 0.15) is 24.5 Å². The Labute approximate surface area is 118 Å². The van der Waals surface area contributed by atoms with E-state index in [1.54, 1.807) is 26.0 Å². The van der Waals surface area contributed by atoms with Crippen LogP contribution in [0.25, 0.3) is 0 Å². The Balaban J connectivity index is 2.79.